The van der Waals surface area contributed by atoms with Crippen LogP contribution in [0.25, 0.3) is 0 Å². The largest absolute Gasteiger partial charge is 0.486 e. The Bertz CT molecular complexity index is 627. The van der Waals surface area contributed by atoms with E-state index in [1.165, 1.54) is 25.7 Å². The van der Waals surface area contributed by atoms with E-state index < -0.39 is 0 Å². The maximum atomic E-state index is 11.6. The Morgan fingerprint density at radius 1 is 1.29 bits per heavy atom. The molecule has 0 atom stereocenters. The lowest BCUT2D eigenvalue weighted by atomic mass is 10.1. The minimum atomic E-state index is 0.0158. The van der Waals surface area contributed by atoms with E-state index >= 15 is 0 Å². The molecular weight excluding hydrogens is 264 g/mol. The highest BCUT2D eigenvalue weighted by molar-refractivity contribution is 5.96. The highest BCUT2D eigenvalue weighted by Gasteiger charge is 2.17. The number of Topliss-reactive ketones (excluding diaryl/α,β-unsaturated/α-hetero) is 1. The van der Waals surface area contributed by atoms with Crippen LogP contribution in [0.15, 0.2) is 36.5 Å². The molecule has 0 aliphatic heterocycles. The van der Waals surface area contributed by atoms with Crippen LogP contribution in [0, 0.1) is 0 Å². The molecule has 1 aliphatic carbocycles. The minimum Gasteiger partial charge on any atom is -0.486 e. The molecule has 110 valence electrons. The first-order valence-electron chi connectivity index (χ1n) is 7.51. The van der Waals surface area contributed by atoms with Crippen molar-refractivity contribution in [3.63, 3.8) is 0 Å². The van der Waals surface area contributed by atoms with Gasteiger partial charge in [0.15, 0.2) is 5.78 Å². The maximum Gasteiger partial charge on any atom is 0.163 e. The third kappa shape index (κ3) is 3.15. The van der Waals surface area contributed by atoms with Gasteiger partial charge >= 0.3 is 0 Å². The van der Waals surface area contributed by atoms with Gasteiger partial charge in [-0.15, -0.1) is 0 Å². The van der Waals surface area contributed by atoms with Crippen molar-refractivity contribution < 1.29 is 9.53 Å². The summed E-state index contributed by atoms with van der Waals surface area (Å²) in [4.78, 5) is 11.6. The molecule has 4 heteroatoms. The third-order valence-corrected chi connectivity index (χ3v) is 4.00. The van der Waals surface area contributed by atoms with Gasteiger partial charge in [0.1, 0.15) is 12.4 Å². The van der Waals surface area contributed by atoms with Gasteiger partial charge < -0.3 is 4.74 Å². The number of ether oxygens (including phenoxy) is 1. The molecule has 1 aromatic heterocycles. The number of ketones is 1. The molecule has 0 saturated heterocycles. The SMILES string of the molecule is CC(=O)c1ccccc1OCc1ccn(C2CCCC2)n1. The van der Waals surface area contributed by atoms with Gasteiger partial charge in [0.25, 0.3) is 0 Å². The maximum absolute atomic E-state index is 11.6. The lowest BCUT2D eigenvalue weighted by molar-refractivity contribution is 0.101. The fourth-order valence-corrected chi connectivity index (χ4v) is 2.86. The molecule has 0 unspecified atom stereocenters. The molecule has 1 fully saturated rings. The van der Waals surface area contributed by atoms with E-state index in [0.29, 0.717) is 24.0 Å². The highest BCUT2D eigenvalue weighted by atomic mass is 16.5. The second kappa shape index (κ2) is 6.12. The number of carbonyl (C=O) groups excluding carboxylic acids is 1. The summed E-state index contributed by atoms with van der Waals surface area (Å²) in [6.45, 7) is 1.95. The highest BCUT2D eigenvalue weighted by Crippen LogP contribution is 2.28. The van der Waals surface area contributed by atoms with Gasteiger partial charge in [0.2, 0.25) is 0 Å². The van der Waals surface area contributed by atoms with Gasteiger partial charge in [-0.25, -0.2) is 0 Å². The Morgan fingerprint density at radius 2 is 2.05 bits per heavy atom. The molecule has 1 aromatic carbocycles. The van der Waals surface area contributed by atoms with E-state index in [1.807, 2.05) is 30.5 Å². The van der Waals surface area contributed by atoms with Gasteiger partial charge in [0.05, 0.1) is 17.3 Å². The van der Waals surface area contributed by atoms with Crippen LogP contribution in [0.1, 0.15) is 54.7 Å². The Hall–Kier alpha value is -2.10. The fourth-order valence-electron chi connectivity index (χ4n) is 2.86. The monoisotopic (exact) mass is 284 g/mol. The van der Waals surface area contributed by atoms with Crippen molar-refractivity contribution in [3.8, 4) is 5.75 Å². The van der Waals surface area contributed by atoms with Crippen molar-refractivity contribution in [1.82, 2.24) is 9.78 Å². The van der Waals surface area contributed by atoms with Crippen molar-refractivity contribution in [3.05, 3.63) is 47.8 Å². The van der Waals surface area contributed by atoms with Gasteiger partial charge in [-0.2, -0.15) is 5.10 Å². The molecule has 0 amide bonds. The van der Waals surface area contributed by atoms with Crippen molar-refractivity contribution in [1.29, 1.82) is 0 Å². The molecule has 0 spiro atoms. The second-order valence-corrected chi connectivity index (χ2v) is 5.57. The molecule has 1 saturated carbocycles. The molecular formula is C17H20N2O2. The first-order chi connectivity index (χ1) is 10.2. The van der Waals surface area contributed by atoms with E-state index in [2.05, 4.69) is 9.78 Å². The Labute approximate surface area is 124 Å². The average molecular weight is 284 g/mol. The Balaban J connectivity index is 1.66. The van der Waals surface area contributed by atoms with Crippen LogP contribution in [-0.2, 0) is 6.61 Å². The van der Waals surface area contributed by atoms with Crippen LogP contribution >= 0.6 is 0 Å². The Morgan fingerprint density at radius 3 is 2.81 bits per heavy atom. The molecule has 21 heavy (non-hydrogen) atoms. The zero-order chi connectivity index (χ0) is 14.7. The van der Waals surface area contributed by atoms with Crippen LogP contribution < -0.4 is 4.74 Å². The van der Waals surface area contributed by atoms with Gasteiger partial charge in [-0.05, 0) is 38.0 Å². The summed E-state index contributed by atoms with van der Waals surface area (Å²) in [6.07, 6.45) is 7.06. The van der Waals surface area contributed by atoms with E-state index in [-0.39, 0.29) is 5.78 Å². The standard InChI is InChI=1S/C17H20N2O2/c1-13(20)16-8-4-5-9-17(16)21-12-14-10-11-19(18-14)15-6-2-3-7-15/h4-5,8-11,15H,2-3,6-7,12H2,1H3. The fraction of sp³-hybridized carbons (Fsp3) is 0.412. The molecule has 0 N–H and O–H groups in total. The molecule has 0 bridgehead atoms. The first kappa shape index (κ1) is 13.9. The summed E-state index contributed by atoms with van der Waals surface area (Å²) >= 11 is 0. The predicted octanol–water partition coefficient (Wildman–Crippen LogP) is 3.78. The number of nitrogens with zero attached hydrogens (tertiary/aromatic N) is 2. The summed E-state index contributed by atoms with van der Waals surface area (Å²) in [5.41, 5.74) is 1.52. The van der Waals surface area contributed by atoms with Gasteiger partial charge in [0, 0.05) is 6.20 Å². The van der Waals surface area contributed by atoms with E-state index in [0.717, 1.165) is 5.69 Å². The lowest BCUT2D eigenvalue weighted by Gasteiger charge is -2.10. The topological polar surface area (TPSA) is 44.1 Å². The number of hydrogen-bond acceptors (Lipinski definition) is 3. The van der Waals surface area contributed by atoms with Crippen LogP contribution in [0.2, 0.25) is 0 Å². The quantitative estimate of drug-likeness (QED) is 0.785. The number of para-hydroxylation sites is 1. The van der Waals surface area contributed by atoms with E-state index in [1.54, 1.807) is 13.0 Å². The number of aromatic nitrogens is 2. The molecule has 1 heterocycles. The smallest absolute Gasteiger partial charge is 0.163 e. The van der Waals surface area contributed by atoms with Crippen LogP contribution in [0.3, 0.4) is 0 Å². The summed E-state index contributed by atoms with van der Waals surface area (Å²) < 4.78 is 7.82. The zero-order valence-electron chi connectivity index (χ0n) is 12.3. The summed E-state index contributed by atoms with van der Waals surface area (Å²) in [5, 5.41) is 4.59. The molecule has 0 radical (unpaired) electrons. The first-order valence-corrected chi connectivity index (χ1v) is 7.51. The van der Waals surface area contributed by atoms with Crippen LogP contribution in [0.5, 0.6) is 5.75 Å². The molecule has 4 nitrogen and oxygen atoms in total. The third-order valence-electron chi connectivity index (χ3n) is 4.00. The second-order valence-electron chi connectivity index (χ2n) is 5.57. The summed E-state index contributed by atoms with van der Waals surface area (Å²) in [7, 11) is 0. The number of rotatable bonds is 5. The molecule has 1 aliphatic rings. The number of hydrogen-bond donors (Lipinski definition) is 0. The number of carbonyl (C=O) groups is 1. The predicted molar refractivity (Wildman–Crippen MR) is 80.5 cm³/mol. The van der Waals surface area contributed by atoms with Crippen LogP contribution in [-0.4, -0.2) is 15.6 Å². The zero-order valence-corrected chi connectivity index (χ0v) is 12.3. The summed E-state index contributed by atoms with van der Waals surface area (Å²) in [6, 6.07) is 9.87. The number of benzene rings is 1. The van der Waals surface area contributed by atoms with Crippen molar-refractivity contribution >= 4 is 5.78 Å². The van der Waals surface area contributed by atoms with Crippen LogP contribution in [0.4, 0.5) is 0 Å². The van der Waals surface area contributed by atoms with Gasteiger partial charge in [-0.1, -0.05) is 25.0 Å². The van der Waals surface area contributed by atoms with Crippen molar-refractivity contribution in [2.45, 2.75) is 45.3 Å². The average Bonchev–Trinajstić information content (AvgIpc) is 3.16. The van der Waals surface area contributed by atoms with Crippen molar-refractivity contribution in [2.24, 2.45) is 0 Å². The van der Waals surface area contributed by atoms with Gasteiger partial charge in [-0.3, -0.25) is 9.48 Å². The Kier molecular flexibility index (Phi) is 4.04. The normalized spacial score (nSPS) is 15.3. The van der Waals surface area contributed by atoms with E-state index in [4.69, 9.17) is 4.74 Å². The minimum absolute atomic E-state index is 0.0158. The lowest BCUT2D eigenvalue weighted by Crippen LogP contribution is -2.07. The summed E-state index contributed by atoms with van der Waals surface area (Å²) in [5.74, 6) is 0.641. The molecule has 3 rings (SSSR count). The molecule has 2 aromatic rings. The van der Waals surface area contributed by atoms with Crippen molar-refractivity contribution in [2.75, 3.05) is 0 Å². The van der Waals surface area contributed by atoms with E-state index in [9.17, 15) is 4.79 Å².